The topological polar surface area (TPSA) is 198 Å². The molecule has 1 aromatic carbocycles. The number of amides is 2. The van der Waals surface area contributed by atoms with Crippen LogP contribution in [0.2, 0.25) is 0 Å². The molecule has 1 unspecified atom stereocenters. The number of nitrogens with one attached hydrogen (secondary N) is 1. The molecule has 41 heavy (non-hydrogen) atoms. The molecule has 218 valence electrons. The number of fused-ring (bicyclic) bond motifs is 1. The lowest BCUT2D eigenvalue weighted by Gasteiger charge is -2.49. The van der Waals surface area contributed by atoms with E-state index in [1.165, 1.54) is 57.4 Å². The average Bonchev–Trinajstić information content (AvgIpc) is 3.34. The number of aromatic nitrogens is 4. The quantitative estimate of drug-likeness (QED) is 0.0685. The molecule has 0 bridgehead atoms. The molecule has 4 rings (SSSR count). The predicted octanol–water partition coefficient (Wildman–Crippen LogP) is 0.630. The number of phenolic OH excluding ortho intramolecular Hbond substituents is 1. The minimum absolute atomic E-state index is 0.0253. The first-order valence-corrected chi connectivity index (χ1v) is 14.1. The van der Waals surface area contributed by atoms with Gasteiger partial charge in [-0.25, -0.2) is 9.48 Å². The Morgan fingerprint density at radius 3 is 2.66 bits per heavy atom. The fourth-order valence-corrected chi connectivity index (χ4v) is 6.13. The van der Waals surface area contributed by atoms with Crippen molar-refractivity contribution in [2.75, 3.05) is 18.3 Å². The number of aryl methyl sites for hydroxylation is 1. The zero-order valence-corrected chi connectivity index (χ0v) is 24.1. The van der Waals surface area contributed by atoms with Crippen molar-refractivity contribution in [2.24, 2.45) is 17.6 Å². The SMILES string of the molecule is Cn1nnnc1SCC1=C(C(=O)OCOC(=O)C(C)(C)C)N2C(=O)C(NC(=O)/C(=N/O)c3cccc(O)c3)[C@H]2SC1. The number of rotatable bonds is 9. The Kier molecular flexibility index (Phi) is 8.86. The van der Waals surface area contributed by atoms with Crippen molar-refractivity contribution < 1.29 is 39.0 Å². The van der Waals surface area contributed by atoms with E-state index in [1.807, 2.05) is 0 Å². The maximum Gasteiger partial charge on any atom is 0.357 e. The van der Waals surface area contributed by atoms with Crippen molar-refractivity contribution in [3.63, 3.8) is 0 Å². The summed E-state index contributed by atoms with van der Waals surface area (Å²) in [6, 6.07) is 4.50. The van der Waals surface area contributed by atoms with Gasteiger partial charge in [0.15, 0.2) is 5.71 Å². The standard InChI is InChI=1S/C24H27N7O8S2/c1-24(2,3)22(36)39-11-38-21(35)17-13(10-41-23-26-28-29-30(23)4)9-40-20-16(19(34)31(17)20)25-18(33)15(27-37)12-6-5-7-14(32)8-12/h5-8,16,20,32,37H,9-11H2,1-4H3,(H,25,33)/b27-15+/t16?,20-/m1/s1. The first-order chi connectivity index (χ1) is 19.4. The Balaban J connectivity index is 1.51. The molecule has 15 nitrogen and oxygen atoms in total. The molecule has 3 N–H and O–H groups in total. The average molecular weight is 606 g/mol. The summed E-state index contributed by atoms with van der Waals surface area (Å²) in [5.41, 5.74) is -0.544. The van der Waals surface area contributed by atoms with Crippen LogP contribution in [0.15, 0.2) is 45.8 Å². The number of hydrogen-bond acceptors (Lipinski definition) is 14. The maximum atomic E-state index is 13.3. The summed E-state index contributed by atoms with van der Waals surface area (Å²) in [5.74, 6) is -2.48. The Labute approximate surface area is 242 Å². The lowest BCUT2D eigenvalue weighted by Crippen LogP contribution is -2.71. The van der Waals surface area contributed by atoms with E-state index in [1.54, 1.807) is 27.8 Å². The highest BCUT2D eigenvalue weighted by atomic mass is 32.2. The van der Waals surface area contributed by atoms with Crippen LogP contribution in [0, 0.1) is 5.41 Å². The molecule has 0 radical (unpaired) electrons. The highest BCUT2D eigenvalue weighted by Crippen LogP contribution is 2.42. The normalized spacial score (nSPS) is 18.9. The van der Waals surface area contributed by atoms with Crippen molar-refractivity contribution in [1.29, 1.82) is 0 Å². The summed E-state index contributed by atoms with van der Waals surface area (Å²) < 4.78 is 11.7. The van der Waals surface area contributed by atoms with Gasteiger partial charge in [0, 0.05) is 24.1 Å². The first kappa shape index (κ1) is 29.9. The number of aromatic hydroxyl groups is 1. The van der Waals surface area contributed by atoms with Crippen LogP contribution in [-0.4, -0.2) is 94.6 Å². The van der Waals surface area contributed by atoms with Crippen LogP contribution in [0.25, 0.3) is 0 Å². The smallest absolute Gasteiger partial charge is 0.357 e. The van der Waals surface area contributed by atoms with Gasteiger partial charge in [-0.15, -0.1) is 16.9 Å². The second-order valence-electron chi connectivity index (χ2n) is 9.92. The summed E-state index contributed by atoms with van der Waals surface area (Å²) in [6.07, 6.45) is 0. The van der Waals surface area contributed by atoms with E-state index < -0.39 is 53.1 Å². The number of β-lactam (4-membered cyclic amide) rings is 1. The van der Waals surface area contributed by atoms with Crippen molar-refractivity contribution in [3.8, 4) is 5.75 Å². The van der Waals surface area contributed by atoms with E-state index in [9.17, 15) is 29.5 Å². The molecule has 0 aliphatic carbocycles. The molecular formula is C24H27N7O8S2. The van der Waals surface area contributed by atoms with Gasteiger partial charge >= 0.3 is 11.9 Å². The molecule has 1 aromatic heterocycles. The van der Waals surface area contributed by atoms with Crippen LogP contribution in [0.1, 0.15) is 26.3 Å². The third-order valence-corrected chi connectivity index (χ3v) is 8.35. The van der Waals surface area contributed by atoms with Crippen molar-refractivity contribution in [1.82, 2.24) is 30.4 Å². The van der Waals surface area contributed by atoms with Crippen molar-refractivity contribution in [3.05, 3.63) is 41.1 Å². The highest BCUT2D eigenvalue weighted by molar-refractivity contribution is 8.01. The van der Waals surface area contributed by atoms with Crippen LogP contribution in [0.5, 0.6) is 5.75 Å². The minimum Gasteiger partial charge on any atom is -0.508 e. The number of carbonyl (C=O) groups is 4. The predicted molar refractivity (Wildman–Crippen MR) is 145 cm³/mol. The number of tetrazole rings is 1. The van der Waals surface area contributed by atoms with Crippen LogP contribution in [0.3, 0.4) is 0 Å². The van der Waals surface area contributed by atoms with Gasteiger partial charge in [0.2, 0.25) is 11.9 Å². The van der Waals surface area contributed by atoms with Crippen LogP contribution in [0.4, 0.5) is 0 Å². The zero-order valence-electron chi connectivity index (χ0n) is 22.4. The molecule has 2 amide bonds. The number of thioether (sulfide) groups is 2. The third kappa shape index (κ3) is 6.45. The van der Waals surface area contributed by atoms with E-state index in [0.717, 1.165) is 0 Å². The number of ether oxygens (including phenoxy) is 2. The number of hydrogen-bond donors (Lipinski definition) is 3. The molecule has 2 atom stereocenters. The van der Waals surface area contributed by atoms with Crippen molar-refractivity contribution >= 4 is 53.0 Å². The number of nitrogens with zero attached hydrogens (tertiary/aromatic N) is 6. The summed E-state index contributed by atoms with van der Waals surface area (Å²) in [5, 5.41) is 35.8. The maximum absolute atomic E-state index is 13.3. The van der Waals surface area contributed by atoms with Gasteiger partial charge in [-0.2, -0.15) is 0 Å². The van der Waals surface area contributed by atoms with E-state index in [2.05, 4.69) is 26.0 Å². The summed E-state index contributed by atoms with van der Waals surface area (Å²) in [7, 11) is 1.66. The van der Waals surface area contributed by atoms with Crippen LogP contribution < -0.4 is 5.32 Å². The Hall–Kier alpha value is -4.12. The molecular weight excluding hydrogens is 578 g/mol. The van der Waals surface area contributed by atoms with Gasteiger partial charge in [-0.05, 0) is 48.9 Å². The van der Waals surface area contributed by atoms with Gasteiger partial charge in [-0.3, -0.25) is 19.3 Å². The van der Waals surface area contributed by atoms with Gasteiger partial charge in [0.1, 0.15) is 22.9 Å². The molecule has 2 aromatic rings. The van der Waals surface area contributed by atoms with Gasteiger partial charge in [-0.1, -0.05) is 29.1 Å². The second-order valence-corrected chi connectivity index (χ2v) is 12.0. The molecule has 17 heteroatoms. The van der Waals surface area contributed by atoms with Crippen molar-refractivity contribution in [2.45, 2.75) is 37.3 Å². The number of phenols is 1. The lowest BCUT2D eigenvalue weighted by atomic mass is 9.98. The largest absolute Gasteiger partial charge is 0.508 e. The zero-order chi connectivity index (χ0) is 29.9. The Bertz CT molecular complexity index is 1430. The number of carbonyl (C=O) groups excluding carboxylic acids is 4. The third-order valence-electron chi connectivity index (χ3n) is 5.91. The van der Waals surface area contributed by atoms with Gasteiger partial charge in [0.05, 0.1) is 5.41 Å². The molecule has 0 saturated carbocycles. The second kappa shape index (κ2) is 12.2. The monoisotopic (exact) mass is 605 g/mol. The van der Waals surface area contributed by atoms with E-state index >= 15 is 0 Å². The first-order valence-electron chi connectivity index (χ1n) is 12.1. The summed E-state index contributed by atoms with van der Waals surface area (Å²) >= 11 is 2.56. The van der Waals surface area contributed by atoms with Crippen LogP contribution in [-0.2, 0) is 35.7 Å². The molecule has 1 fully saturated rings. The molecule has 2 aliphatic rings. The summed E-state index contributed by atoms with van der Waals surface area (Å²) in [6.45, 7) is 4.31. The van der Waals surface area contributed by atoms with Gasteiger partial charge < -0.3 is 25.1 Å². The van der Waals surface area contributed by atoms with E-state index in [-0.39, 0.29) is 22.8 Å². The molecule has 3 heterocycles. The Morgan fingerprint density at radius 2 is 2.02 bits per heavy atom. The lowest BCUT2D eigenvalue weighted by molar-refractivity contribution is -0.173. The number of esters is 2. The molecule has 0 spiro atoms. The molecule has 2 aliphatic heterocycles. The Morgan fingerprint density at radius 1 is 1.27 bits per heavy atom. The van der Waals surface area contributed by atoms with E-state index in [4.69, 9.17) is 9.47 Å². The minimum atomic E-state index is -1.04. The summed E-state index contributed by atoms with van der Waals surface area (Å²) in [4.78, 5) is 52.7. The molecule has 1 saturated heterocycles. The van der Waals surface area contributed by atoms with Crippen LogP contribution >= 0.6 is 23.5 Å². The fourth-order valence-electron chi connectivity index (χ4n) is 3.80. The van der Waals surface area contributed by atoms with E-state index in [0.29, 0.717) is 16.5 Å². The number of oxime groups is 1. The number of benzene rings is 1. The van der Waals surface area contributed by atoms with Gasteiger partial charge in [0.25, 0.3) is 11.8 Å². The fraction of sp³-hybridized carbons (Fsp3) is 0.417. The highest BCUT2D eigenvalue weighted by Gasteiger charge is 2.54.